The summed E-state index contributed by atoms with van der Waals surface area (Å²) in [5.41, 5.74) is 0. The molecule has 14 heavy (non-hydrogen) atoms. The van der Waals surface area contributed by atoms with E-state index in [1.54, 1.807) is 12.5 Å². The Balaban J connectivity index is 2.30. The van der Waals surface area contributed by atoms with Gasteiger partial charge in [-0.25, -0.2) is 0 Å². The molecule has 0 N–H and O–H groups in total. The zero-order valence-electron chi connectivity index (χ0n) is 9.58. The van der Waals surface area contributed by atoms with Crippen LogP contribution in [0, 0.1) is 5.92 Å². The van der Waals surface area contributed by atoms with E-state index in [1.807, 2.05) is 0 Å². The first-order valence-electron chi connectivity index (χ1n) is 5.72. The van der Waals surface area contributed by atoms with Crippen LogP contribution in [0.1, 0.15) is 52.9 Å². The van der Waals surface area contributed by atoms with Crippen molar-refractivity contribution in [3.8, 4) is 0 Å². The molecule has 0 amide bonds. The number of rotatable bonds is 6. The number of unbranched alkanes of at least 4 members (excludes halogenated alkanes) is 3. The predicted molar refractivity (Wildman–Crippen MR) is 57.6 cm³/mol. The van der Waals surface area contributed by atoms with Crippen LogP contribution in [-0.4, -0.2) is 5.79 Å². The number of ether oxygens (including phenoxy) is 2. The van der Waals surface area contributed by atoms with Crippen LogP contribution in [0.15, 0.2) is 12.5 Å². The van der Waals surface area contributed by atoms with Crippen LogP contribution in [0.25, 0.3) is 0 Å². The van der Waals surface area contributed by atoms with E-state index in [9.17, 15) is 0 Å². The van der Waals surface area contributed by atoms with E-state index in [1.165, 1.54) is 25.7 Å². The van der Waals surface area contributed by atoms with Crippen molar-refractivity contribution in [1.82, 2.24) is 0 Å². The third-order valence-electron chi connectivity index (χ3n) is 2.85. The smallest absolute Gasteiger partial charge is 0.252 e. The van der Waals surface area contributed by atoms with E-state index < -0.39 is 0 Å². The van der Waals surface area contributed by atoms with Crippen LogP contribution in [0.4, 0.5) is 0 Å². The second-order valence-electron chi connectivity index (χ2n) is 4.29. The summed E-state index contributed by atoms with van der Waals surface area (Å²) in [4.78, 5) is 0. The lowest BCUT2D eigenvalue weighted by Gasteiger charge is -2.31. The maximum Gasteiger partial charge on any atom is 0.252 e. The zero-order chi connectivity index (χ0) is 10.4. The molecule has 0 aliphatic carbocycles. The Morgan fingerprint density at radius 1 is 1.07 bits per heavy atom. The van der Waals surface area contributed by atoms with Crippen molar-refractivity contribution in [2.75, 3.05) is 0 Å². The topological polar surface area (TPSA) is 18.5 Å². The Kier molecular flexibility index (Phi) is 4.30. The Hall–Kier alpha value is -0.660. The van der Waals surface area contributed by atoms with Gasteiger partial charge < -0.3 is 9.47 Å². The van der Waals surface area contributed by atoms with Crippen molar-refractivity contribution in [3.63, 3.8) is 0 Å². The summed E-state index contributed by atoms with van der Waals surface area (Å²) >= 11 is 0. The van der Waals surface area contributed by atoms with Gasteiger partial charge >= 0.3 is 0 Å². The van der Waals surface area contributed by atoms with Crippen LogP contribution in [0.2, 0.25) is 0 Å². The molecule has 2 nitrogen and oxygen atoms in total. The third-order valence-corrected chi connectivity index (χ3v) is 2.85. The summed E-state index contributed by atoms with van der Waals surface area (Å²) < 4.78 is 11.2. The highest BCUT2D eigenvalue weighted by Gasteiger charge is 2.38. The van der Waals surface area contributed by atoms with Crippen molar-refractivity contribution in [1.29, 1.82) is 0 Å². The molecule has 0 aromatic rings. The van der Waals surface area contributed by atoms with E-state index in [2.05, 4.69) is 20.8 Å². The van der Waals surface area contributed by atoms with Crippen LogP contribution in [0.3, 0.4) is 0 Å². The Morgan fingerprint density at radius 2 is 1.71 bits per heavy atom. The minimum Gasteiger partial charge on any atom is -0.457 e. The van der Waals surface area contributed by atoms with Crippen molar-refractivity contribution < 1.29 is 9.47 Å². The molecule has 0 aromatic heterocycles. The van der Waals surface area contributed by atoms with Crippen molar-refractivity contribution >= 4 is 0 Å². The second kappa shape index (κ2) is 5.28. The maximum absolute atomic E-state index is 5.58. The van der Waals surface area contributed by atoms with Gasteiger partial charge in [-0.1, -0.05) is 40.0 Å². The van der Waals surface area contributed by atoms with Gasteiger partial charge in [-0.2, -0.15) is 0 Å². The number of hydrogen-bond acceptors (Lipinski definition) is 2. The Morgan fingerprint density at radius 3 is 2.21 bits per heavy atom. The summed E-state index contributed by atoms with van der Waals surface area (Å²) in [7, 11) is 0. The van der Waals surface area contributed by atoms with Gasteiger partial charge in [0.1, 0.15) is 12.5 Å². The summed E-state index contributed by atoms with van der Waals surface area (Å²) in [6.45, 7) is 6.52. The molecule has 0 saturated heterocycles. The molecule has 1 aliphatic heterocycles. The predicted octanol–water partition coefficient (Wildman–Crippen LogP) is 3.83. The fourth-order valence-corrected chi connectivity index (χ4v) is 1.79. The third kappa shape index (κ3) is 2.66. The van der Waals surface area contributed by atoms with E-state index in [4.69, 9.17) is 9.47 Å². The molecule has 0 saturated carbocycles. The maximum atomic E-state index is 5.58. The number of hydrogen-bond donors (Lipinski definition) is 0. The SMILES string of the molecule is CCCCCCC1(C(C)C)OC=CO1. The Labute approximate surface area is 87.3 Å². The summed E-state index contributed by atoms with van der Waals surface area (Å²) in [6.07, 6.45) is 9.37. The lowest BCUT2D eigenvalue weighted by molar-refractivity contribution is -0.178. The molecule has 2 heteroatoms. The molecule has 1 aliphatic rings. The van der Waals surface area contributed by atoms with E-state index in [0.717, 1.165) is 6.42 Å². The van der Waals surface area contributed by atoms with Gasteiger partial charge in [0.2, 0.25) is 0 Å². The minimum atomic E-state index is -0.367. The van der Waals surface area contributed by atoms with Gasteiger partial charge in [0.25, 0.3) is 5.79 Å². The standard InChI is InChI=1S/C12H22O2/c1-4-5-6-7-8-12(11(2)3)13-9-10-14-12/h9-11H,4-8H2,1-3H3. The molecule has 0 radical (unpaired) electrons. The van der Waals surface area contributed by atoms with Crippen molar-refractivity contribution in [3.05, 3.63) is 12.5 Å². The van der Waals surface area contributed by atoms with Gasteiger partial charge in [-0.05, 0) is 6.42 Å². The Bertz CT molecular complexity index is 177. The molecule has 82 valence electrons. The van der Waals surface area contributed by atoms with E-state index >= 15 is 0 Å². The average Bonchev–Trinajstić information content (AvgIpc) is 2.62. The molecule has 0 fully saturated rings. The molecule has 1 rings (SSSR count). The second-order valence-corrected chi connectivity index (χ2v) is 4.29. The first-order chi connectivity index (χ1) is 6.71. The zero-order valence-corrected chi connectivity index (χ0v) is 9.58. The summed E-state index contributed by atoms with van der Waals surface area (Å²) in [5.74, 6) is 0.0346. The highest BCUT2D eigenvalue weighted by molar-refractivity contribution is 4.86. The first kappa shape index (κ1) is 11.4. The van der Waals surface area contributed by atoms with Crippen LogP contribution in [0.5, 0.6) is 0 Å². The van der Waals surface area contributed by atoms with Gasteiger partial charge in [-0.15, -0.1) is 0 Å². The van der Waals surface area contributed by atoms with E-state index in [-0.39, 0.29) is 5.79 Å². The van der Waals surface area contributed by atoms with Gasteiger partial charge in [0, 0.05) is 12.3 Å². The van der Waals surface area contributed by atoms with Crippen LogP contribution in [-0.2, 0) is 9.47 Å². The van der Waals surface area contributed by atoms with Crippen molar-refractivity contribution in [2.45, 2.75) is 58.7 Å². The normalized spacial score (nSPS) is 18.3. The minimum absolute atomic E-state index is 0.367. The molecule has 1 heterocycles. The first-order valence-corrected chi connectivity index (χ1v) is 5.72. The lowest BCUT2D eigenvalue weighted by atomic mass is 9.96. The fourth-order valence-electron chi connectivity index (χ4n) is 1.79. The molecule has 0 bridgehead atoms. The molecule has 0 unspecified atom stereocenters. The largest absolute Gasteiger partial charge is 0.457 e. The van der Waals surface area contributed by atoms with Gasteiger partial charge in [-0.3, -0.25) is 0 Å². The molecule has 0 aromatic carbocycles. The van der Waals surface area contributed by atoms with Crippen LogP contribution >= 0.6 is 0 Å². The molecular weight excluding hydrogens is 176 g/mol. The quantitative estimate of drug-likeness (QED) is 0.604. The molecule has 0 atom stereocenters. The molecule has 0 spiro atoms. The van der Waals surface area contributed by atoms with Gasteiger partial charge in [0.05, 0.1) is 0 Å². The summed E-state index contributed by atoms with van der Waals surface area (Å²) in [5, 5.41) is 0. The average molecular weight is 198 g/mol. The van der Waals surface area contributed by atoms with E-state index in [0.29, 0.717) is 5.92 Å². The highest BCUT2D eigenvalue weighted by Crippen LogP contribution is 2.33. The van der Waals surface area contributed by atoms with Gasteiger partial charge in [0.15, 0.2) is 0 Å². The fraction of sp³-hybridized carbons (Fsp3) is 0.833. The monoisotopic (exact) mass is 198 g/mol. The van der Waals surface area contributed by atoms with Crippen molar-refractivity contribution in [2.24, 2.45) is 5.92 Å². The molecular formula is C12H22O2. The summed E-state index contributed by atoms with van der Waals surface area (Å²) in [6, 6.07) is 0. The van der Waals surface area contributed by atoms with Crippen LogP contribution < -0.4 is 0 Å². The highest BCUT2D eigenvalue weighted by atomic mass is 16.7. The lowest BCUT2D eigenvalue weighted by Crippen LogP contribution is -2.36.